The lowest BCUT2D eigenvalue weighted by Crippen LogP contribution is -2.29. The van der Waals surface area contributed by atoms with E-state index in [0.29, 0.717) is 17.0 Å². The number of benzene rings is 2. The second-order valence-corrected chi connectivity index (χ2v) is 5.58. The average molecular weight is 362 g/mol. The Hall–Kier alpha value is -1.01. The second kappa shape index (κ2) is 6.63. The van der Waals surface area contributed by atoms with Crippen LogP contribution in [0.4, 0.5) is 8.78 Å². The van der Waals surface area contributed by atoms with E-state index in [1.807, 2.05) is 12.1 Å². The number of nitrogens with two attached hydrogens (primary N) is 1. The molecular formula is C14H12BrClF2N2. The molecule has 2 rings (SSSR count). The predicted octanol–water partition coefficient (Wildman–Crippen LogP) is 4.13. The molecule has 1 unspecified atom stereocenters. The van der Waals surface area contributed by atoms with Crippen molar-refractivity contribution in [1.82, 2.24) is 5.43 Å². The van der Waals surface area contributed by atoms with E-state index in [2.05, 4.69) is 21.4 Å². The number of hydrogen-bond donors (Lipinski definition) is 2. The van der Waals surface area contributed by atoms with Crippen molar-refractivity contribution in [1.29, 1.82) is 0 Å². The Morgan fingerprint density at radius 1 is 1.20 bits per heavy atom. The Bertz CT molecular complexity index is 602. The molecule has 6 heteroatoms. The minimum atomic E-state index is -0.615. The maximum Gasteiger partial charge on any atom is 0.126 e. The van der Waals surface area contributed by atoms with Gasteiger partial charge < -0.3 is 0 Å². The van der Waals surface area contributed by atoms with Crippen molar-refractivity contribution in [3.05, 3.63) is 68.7 Å². The SMILES string of the molecule is NNC(Cc1cc(F)cc(F)c1)c1cccc(Br)c1Cl. The van der Waals surface area contributed by atoms with Gasteiger partial charge in [0.1, 0.15) is 11.6 Å². The zero-order valence-electron chi connectivity index (χ0n) is 10.3. The van der Waals surface area contributed by atoms with Gasteiger partial charge in [0.15, 0.2) is 0 Å². The molecule has 0 saturated heterocycles. The topological polar surface area (TPSA) is 38.0 Å². The lowest BCUT2D eigenvalue weighted by atomic mass is 9.99. The maximum atomic E-state index is 13.2. The fraction of sp³-hybridized carbons (Fsp3) is 0.143. The van der Waals surface area contributed by atoms with E-state index >= 15 is 0 Å². The van der Waals surface area contributed by atoms with E-state index in [1.165, 1.54) is 12.1 Å². The molecule has 0 amide bonds. The van der Waals surface area contributed by atoms with Gasteiger partial charge in [-0.3, -0.25) is 11.3 Å². The summed E-state index contributed by atoms with van der Waals surface area (Å²) in [5, 5.41) is 0.521. The first-order valence-electron chi connectivity index (χ1n) is 5.86. The third kappa shape index (κ3) is 3.55. The van der Waals surface area contributed by atoms with Crippen molar-refractivity contribution in [3.63, 3.8) is 0 Å². The molecule has 0 fully saturated rings. The first-order valence-corrected chi connectivity index (χ1v) is 7.03. The molecule has 1 atom stereocenters. The molecule has 0 aromatic heterocycles. The molecular weight excluding hydrogens is 350 g/mol. The molecule has 3 N–H and O–H groups in total. The Kier molecular flexibility index (Phi) is 5.10. The standard InChI is InChI=1S/C14H12BrClF2N2/c15-12-3-1-2-11(14(12)16)13(20-19)6-8-4-9(17)7-10(18)5-8/h1-5,7,13,20H,6,19H2. The summed E-state index contributed by atoms with van der Waals surface area (Å²) in [6.45, 7) is 0. The van der Waals surface area contributed by atoms with Crippen molar-refractivity contribution in [3.8, 4) is 0 Å². The zero-order chi connectivity index (χ0) is 14.7. The molecule has 0 radical (unpaired) electrons. The molecule has 2 aromatic rings. The van der Waals surface area contributed by atoms with Gasteiger partial charge in [0.05, 0.1) is 11.1 Å². The van der Waals surface area contributed by atoms with E-state index < -0.39 is 11.6 Å². The number of rotatable bonds is 4. The summed E-state index contributed by atoms with van der Waals surface area (Å²) in [6.07, 6.45) is 0.321. The first-order chi connectivity index (χ1) is 9.51. The van der Waals surface area contributed by atoms with Crippen LogP contribution in [0.15, 0.2) is 40.9 Å². The lowest BCUT2D eigenvalue weighted by Gasteiger charge is -2.18. The van der Waals surface area contributed by atoms with E-state index in [9.17, 15) is 8.78 Å². The molecule has 0 spiro atoms. The Balaban J connectivity index is 2.31. The predicted molar refractivity (Wildman–Crippen MR) is 79.3 cm³/mol. The third-order valence-corrected chi connectivity index (χ3v) is 4.23. The largest absolute Gasteiger partial charge is 0.271 e. The maximum absolute atomic E-state index is 13.2. The number of hydrogen-bond acceptors (Lipinski definition) is 2. The number of halogens is 4. The van der Waals surface area contributed by atoms with Gasteiger partial charge in [0.2, 0.25) is 0 Å². The highest BCUT2D eigenvalue weighted by Crippen LogP contribution is 2.31. The minimum absolute atomic E-state index is 0.321. The lowest BCUT2D eigenvalue weighted by molar-refractivity contribution is 0.540. The zero-order valence-corrected chi connectivity index (χ0v) is 12.7. The van der Waals surface area contributed by atoms with Crippen LogP contribution in [0.2, 0.25) is 5.02 Å². The van der Waals surface area contributed by atoms with E-state index in [0.717, 1.165) is 16.1 Å². The molecule has 0 aliphatic rings. The summed E-state index contributed by atoms with van der Waals surface area (Å²) >= 11 is 9.54. The van der Waals surface area contributed by atoms with Gasteiger partial charge in [-0.25, -0.2) is 8.78 Å². The van der Waals surface area contributed by atoms with Gasteiger partial charge in [0.25, 0.3) is 0 Å². The van der Waals surface area contributed by atoms with Gasteiger partial charge >= 0.3 is 0 Å². The van der Waals surface area contributed by atoms with Crippen molar-refractivity contribution >= 4 is 27.5 Å². The quantitative estimate of drug-likeness (QED) is 0.635. The fourth-order valence-corrected chi connectivity index (χ4v) is 2.65. The minimum Gasteiger partial charge on any atom is -0.271 e. The molecule has 2 aromatic carbocycles. The van der Waals surface area contributed by atoms with Crippen molar-refractivity contribution in [2.45, 2.75) is 12.5 Å². The van der Waals surface area contributed by atoms with Crippen LogP contribution in [-0.4, -0.2) is 0 Å². The van der Waals surface area contributed by atoms with Crippen LogP contribution in [0.5, 0.6) is 0 Å². The normalized spacial score (nSPS) is 12.4. The van der Waals surface area contributed by atoms with Gasteiger partial charge in [0, 0.05) is 10.5 Å². The Morgan fingerprint density at radius 2 is 1.85 bits per heavy atom. The van der Waals surface area contributed by atoms with Crippen LogP contribution in [0, 0.1) is 11.6 Å². The van der Waals surface area contributed by atoms with Crippen molar-refractivity contribution in [2.24, 2.45) is 5.84 Å². The molecule has 0 saturated carbocycles. The van der Waals surface area contributed by atoms with Crippen molar-refractivity contribution in [2.75, 3.05) is 0 Å². The monoisotopic (exact) mass is 360 g/mol. The van der Waals surface area contributed by atoms with Gasteiger partial charge in [-0.15, -0.1) is 0 Å². The summed E-state index contributed by atoms with van der Waals surface area (Å²) in [5.74, 6) is 4.31. The van der Waals surface area contributed by atoms with Crippen LogP contribution in [-0.2, 0) is 6.42 Å². The van der Waals surface area contributed by atoms with Crippen LogP contribution in [0.25, 0.3) is 0 Å². The van der Waals surface area contributed by atoms with E-state index in [-0.39, 0.29) is 6.04 Å². The van der Waals surface area contributed by atoms with Crippen LogP contribution < -0.4 is 11.3 Å². The highest BCUT2D eigenvalue weighted by atomic mass is 79.9. The average Bonchev–Trinajstić information content (AvgIpc) is 2.38. The summed E-state index contributed by atoms with van der Waals surface area (Å²) in [7, 11) is 0. The molecule has 106 valence electrons. The second-order valence-electron chi connectivity index (χ2n) is 4.34. The number of nitrogens with one attached hydrogen (secondary N) is 1. The highest BCUT2D eigenvalue weighted by Gasteiger charge is 2.16. The van der Waals surface area contributed by atoms with E-state index in [4.69, 9.17) is 17.4 Å². The Morgan fingerprint density at radius 3 is 2.45 bits per heavy atom. The molecule has 0 heterocycles. The molecule has 2 nitrogen and oxygen atoms in total. The third-order valence-electron chi connectivity index (χ3n) is 2.92. The fourth-order valence-electron chi connectivity index (χ4n) is 2.01. The smallest absolute Gasteiger partial charge is 0.126 e. The molecule has 0 aliphatic heterocycles. The number of hydrazine groups is 1. The summed E-state index contributed by atoms with van der Waals surface area (Å²) < 4.78 is 27.1. The van der Waals surface area contributed by atoms with Crippen LogP contribution >= 0.6 is 27.5 Å². The van der Waals surface area contributed by atoms with Crippen LogP contribution in [0.3, 0.4) is 0 Å². The summed E-state index contributed by atoms with van der Waals surface area (Å²) in [5.41, 5.74) is 3.88. The molecule has 20 heavy (non-hydrogen) atoms. The van der Waals surface area contributed by atoms with Gasteiger partial charge in [-0.05, 0) is 51.7 Å². The molecule has 0 bridgehead atoms. The highest BCUT2D eigenvalue weighted by molar-refractivity contribution is 9.10. The van der Waals surface area contributed by atoms with Crippen LogP contribution in [0.1, 0.15) is 17.2 Å². The van der Waals surface area contributed by atoms with Crippen molar-refractivity contribution < 1.29 is 8.78 Å². The summed E-state index contributed by atoms with van der Waals surface area (Å²) in [6, 6.07) is 8.48. The van der Waals surface area contributed by atoms with E-state index in [1.54, 1.807) is 6.07 Å². The molecule has 0 aliphatic carbocycles. The summed E-state index contributed by atoms with van der Waals surface area (Å²) in [4.78, 5) is 0. The van der Waals surface area contributed by atoms with Gasteiger partial charge in [-0.2, -0.15) is 0 Å². The van der Waals surface area contributed by atoms with Gasteiger partial charge in [-0.1, -0.05) is 23.7 Å². The Labute approximate surface area is 129 Å². The first kappa shape index (κ1) is 15.4.